The van der Waals surface area contributed by atoms with Gasteiger partial charge in [-0.2, -0.15) is 0 Å². The summed E-state index contributed by atoms with van der Waals surface area (Å²) in [4.78, 5) is 4.53. The number of aromatic nitrogens is 3. The van der Waals surface area contributed by atoms with Crippen molar-refractivity contribution in [3.05, 3.63) is 40.7 Å². The molecule has 0 aromatic carbocycles. The molecule has 5 heteroatoms. The monoisotopic (exact) mass is 246 g/mol. The molecule has 4 nitrogen and oxygen atoms in total. The summed E-state index contributed by atoms with van der Waals surface area (Å²) in [5.41, 5.74) is 3.63. The van der Waals surface area contributed by atoms with Crippen LogP contribution < -0.4 is 5.32 Å². The third-order valence-corrected chi connectivity index (χ3v) is 3.93. The summed E-state index contributed by atoms with van der Waals surface area (Å²) < 4.78 is 3.95. The van der Waals surface area contributed by atoms with Gasteiger partial charge in [-0.05, 0) is 43.1 Å². The summed E-state index contributed by atoms with van der Waals surface area (Å²) in [5.74, 6) is 0.417. The van der Waals surface area contributed by atoms with Gasteiger partial charge in [-0.15, -0.1) is 5.10 Å². The number of hydrogen-bond donors (Lipinski definition) is 1. The number of rotatable bonds is 3. The molecule has 0 bridgehead atoms. The standard InChI is InChI=1S/C12H14N4S/c1-13-12(10-7-17-16-15-10)9-5-4-8-3-2-6-14-11(8)9/h2-3,6-7,9,12-13H,4-5H2,1H3. The van der Waals surface area contributed by atoms with Gasteiger partial charge in [-0.1, -0.05) is 10.6 Å². The first-order valence-electron chi connectivity index (χ1n) is 5.78. The van der Waals surface area contributed by atoms with Crippen LogP contribution in [0.5, 0.6) is 0 Å². The van der Waals surface area contributed by atoms with Crippen LogP contribution >= 0.6 is 11.5 Å². The van der Waals surface area contributed by atoms with Crippen molar-refractivity contribution in [3.63, 3.8) is 0 Å². The van der Waals surface area contributed by atoms with Crippen molar-refractivity contribution in [2.75, 3.05) is 7.05 Å². The van der Waals surface area contributed by atoms with Crippen LogP contribution in [0, 0.1) is 0 Å². The van der Waals surface area contributed by atoms with E-state index in [-0.39, 0.29) is 6.04 Å². The topological polar surface area (TPSA) is 50.7 Å². The Morgan fingerprint density at radius 2 is 2.47 bits per heavy atom. The second-order valence-electron chi connectivity index (χ2n) is 4.29. The van der Waals surface area contributed by atoms with Crippen molar-refractivity contribution < 1.29 is 0 Å². The van der Waals surface area contributed by atoms with Crippen LogP contribution in [0.4, 0.5) is 0 Å². The maximum Gasteiger partial charge on any atom is 0.0931 e. The highest BCUT2D eigenvalue weighted by atomic mass is 32.1. The number of nitrogens with one attached hydrogen (secondary N) is 1. The number of pyridine rings is 1. The fraction of sp³-hybridized carbons (Fsp3) is 0.417. The minimum atomic E-state index is 0.227. The van der Waals surface area contributed by atoms with E-state index in [1.165, 1.54) is 22.8 Å². The van der Waals surface area contributed by atoms with Crippen molar-refractivity contribution in [3.8, 4) is 0 Å². The van der Waals surface area contributed by atoms with Gasteiger partial charge in [0.15, 0.2) is 0 Å². The highest BCUT2D eigenvalue weighted by molar-refractivity contribution is 7.03. The third kappa shape index (κ3) is 1.85. The summed E-state index contributed by atoms with van der Waals surface area (Å²) >= 11 is 1.40. The lowest BCUT2D eigenvalue weighted by Crippen LogP contribution is -2.23. The van der Waals surface area contributed by atoms with Gasteiger partial charge in [0.1, 0.15) is 0 Å². The fourth-order valence-corrected chi connectivity index (χ4v) is 3.12. The largest absolute Gasteiger partial charge is 0.311 e. The molecule has 0 aliphatic heterocycles. The van der Waals surface area contributed by atoms with Crippen molar-refractivity contribution >= 4 is 11.5 Å². The molecule has 2 unspecified atom stereocenters. The van der Waals surface area contributed by atoms with Gasteiger partial charge in [0.25, 0.3) is 0 Å². The molecule has 2 heterocycles. The molecular formula is C12H14N4S. The summed E-state index contributed by atoms with van der Waals surface area (Å²) in [6, 6.07) is 4.42. The Labute approximate surface area is 104 Å². The van der Waals surface area contributed by atoms with Crippen LogP contribution in [0.1, 0.15) is 35.3 Å². The van der Waals surface area contributed by atoms with E-state index in [4.69, 9.17) is 0 Å². The molecule has 2 aromatic heterocycles. The minimum absolute atomic E-state index is 0.227. The van der Waals surface area contributed by atoms with Crippen LogP contribution in [-0.4, -0.2) is 21.6 Å². The Morgan fingerprint density at radius 3 is 3.24 bits per heavy atom. The Hall–Kier alpha value is -1.33. The highest BCUT2D eigenvalue weighted by Crippen LogP contribution is 2.39. The average molecular weight is 246 g/mol. The van der Waals surface area contributed by atoms with Crippen LogP contribution in [-0.2, 0) is 6.42 Å². The molecule has 1 aliphatic rings. The van der Waals surface area contributed by atoms with Crippen molar-refractivity contribution in [2.24, 2.45) is 0 Å². The number of hydrogen-bond acceptors (Lipinski definition) is 5. The van der Waals surface area contributed by atoms with E-state index >= 15 is 0 Å². The number of aryl methyl sites for hydroxylation is 1. The third-order valence-electron chi connectivity index (χ3n) is 3.41. The first-order chi connectivity index (χ1) is 8.40. The van der Waals surface area contributed by atoms with E-state index in [1.54, 1.807) is 0 Å². The molecule has 88 valence electrons. The Bertz CT molecular complexity index is 497. The lowest BCUT2D eigenvalue weighted by Gasteiger charge is -2.20. The molecule has 3 rings (SSSR count). The number of fused-ring (bicyclic) bond motifs is 1. The van der Waals surface area contributed by atoms with Crippen molar-refractivity contribution in [2.45, 2.75) is 24.8 Å². The van der Waals surface area contributed by atoms with Gasteiger partial charge in [0.05, 0.1) is 11.7 Å². The lowest BCUT2D eigenvalue weighted by atomic mass is 9.95. The average Bonchev–Trinajstić information content (AvgIpc) is 3.01. The molecule has 0 fully saturated rings. The van der Waals surface area contributed by atoms with Gasteiger partial charge in [0.2, 0.25) is 0 Å². The van der Waals surface area contributed by atoms with Gasteiger partial charge in [0, 0.05) is 23.2 Å². The molecule has 0 radical (unpaired) electrons. The number of nitrogens with zero attached hydrogens (tertiary/aromatic N) is 3. The second-order valence-corrected chi connectivity index (χ2v) is 4.90. The molecule has 2 aromatic rings. The fourth-order valence-electron chi connectivity index (χ4n) is 2.63. The molecule has 0 saturated heterocycles. The van der Waals surface area contributed by atoms with Gasteiger partial charge in [-0.25, -0.2) is 0 Å². The second kappa shape index (κ2) is 4.50. The van der Waals surface area contributed by atoms with Crippen LogP contribution in [0.3, 0.4) is 0 Å². The summed E-state index contributed by atoms with van der Waals surface area (Å²) in [6.45, 7) is 0. The zero-order chi connectivity index (χ0) is 11.7. The quantitative estimate of drug-likeness (QED) is 0.899. The zero-order valence-electron chi connectivity index (χ0n) is 9.63. The van der Waals surface area contributed by atoms with E-state index in [1.807, 2.05) is 24.7 Å². The van der Waals surface area contributed by atoms with E-state index < -0.39 is 0 Å². The summed E-state index contributed by atoms with van der Waals surface area (Å²) in [7, 11) is 1.98. The SMILES string of the molecule is CNC(c1csnn1)C1CCc2cccnc21. The van der Waals surface area contributed by atoms with Gasteiger partial charge >= 0.3 is 0 Å². The molecule has 1 N–H and O–H groups in total. The maximum atomic E-state index is 4.53. The Balaban J connectivity index is 1.95. The summed E-state index contributed by atoms with van der Waals surface area (Å²) in [5, 5.41) is 9.55. The smallest absolute Gasteiger partial charge is 0.0931 e. The van der Waals surface area contributed by atoms with Crippen LogP contribution in [0.25, 0.3) is 0 Å². The van der Waals surface area contributed by atoms with Crippen LogP contribution in [0.2, 0.25) is 0 Å². The minimum Gasteiger partial charge on any atom is -0.311 e. The zero-order valence-corrected chi connectivity index (χ0v) is 10.4. The Kier molecular flexibility index (Phi) is 2.86. The maximum absolute atomic E-state index is 4.53. The highest BCUT2D eigenvalue weighted by Gasteiger charge is 2.32. The molecule has 0 spiro atoms. The van der Waals surface area contributed by atoms with Crippen LogP contribution in [0.15, 0.2) is 23.7 Å². The molecular weight excluding hydrogens is 232 g/mol. The Morgan fingerprint density at radius 1 is 1.53 bits per heavy atom. The molecule has 0 saturated carbocycles. The van der Waals surface area contributed by atoms with Crippen molar-refractivity contribution in [1.29, 1.82) is 0 Å². The van der Waals surface area contributed by atoms with Crippen molar-refractivity contribution in [1.82, 2.24) is 19.9 Å². The van der Waals surface area contributed by atoms with E-state index in [9.17, 15) is 0 Å². The van der Waals surface area contributed by atoms with Gasteiger partial charge < -0.3 is 5.32 Å². The predicted molar refractivity (Wildman–Crippen MR) is 67.0 cm³/mol. The molecule has 17 heavy (non-hydrogen) atoms. The summed E-state index contributed by atoms with van der Waals surface area (Å²) in [6.07, 6.45) is 4.13. The van der Waals surface area contributed by atoms with E-state index in [0.29, 0.717) is 5.92 Å². The number of likely N-dealkylation sites (N-methyl/N-ethyl adjacent to an activating group) is 1. The molecule has 0 amide bonds. The predicted octanol–water partition coefficient (Wildman–Crippen LogP) is 1.92. The molecule has 1 aliphatic carbocycles. The van der Waals surface area contributed by atoms with E-state index in [2.05, 4.69) is 26.0 Å². The normalized spacial score (nSPS) is 20.2. The van der Waals surface area contributed by atoms with Gasteiger partial charge in [-0.3, -0.25) is 4.98 Å². The van der Waals surface area contributed by atoms with E-state index in [0.717, 1.165) is 18.5 Å². The lowest BCUT2D eigenvalue weighted by molar-refractivity contribution is 0.459. The molecule has 2 atom stereocenters. The first kappa shape index (κ1) is 10.8. The first-order valence-corrected chi connectivity index (χ1v) is 6.62.